The third kappa shape index (κ3) is 2.71. The van der Waals surface area contributed by atoms with Crippen molar-refractivity contribution in [3.8, 4) is 0 Å². The highest BCUT2D eigenvalue weighted by Gasteiger charge is 2.39. The van der Waals surface area contributed by atoms with Crippen molar-refractivity contribution >= 4 is 23.4 Å². The van der Waals surface area contributed by atoms with Gasteiger partial charge in [-0.3, -0.25) is 25.0 Å². The highest BCUT2D eigenvalue weighted by molar-refractivity contribution is 6.19. The molecule has 2 aliphatic heterocycles. The molecule has 132 valence electrons. The van der Waals surface area contributed by atoms with Gasteiger partial charge in [0.05, 0.1) is 23.4 Å². The summed E-state index contributed by atoms with van der Waals surface area (Å²) >= 11 is 0. The van der Waals surface area contributed by atoms with Gasteiger partial charge in [0.15, 0.2) is 0 Å². The van der Waals surface area contributed by atoms with Gasteiger partial charge < -0.3 is 0 Å². The number of para-hydroxylation sites is 1. The molecule has 0 bridgehead atoms. The van der Waals surface area contributed by atoms with Gasteiger partial charge >= 0.3 is 6.18 Å². The first kappa shape index (κ1) is 16.2. The molecule has 1 aromatic carbocycles. The van der Waals surface area contributed by atoms with Crippen LogP contribution in [-0.4, -0.2) is 40.7 Å². The second-order valence-electron chi connectivity index (χ2n) is 5.69. The Kier molecular flexibility index (Phi) is 3.71. The monoisotopic (exact) mass is 359 g/mol. The van der Waals surface area contributed by atoms with Gasteiger partial charge in [0.1, 0.15) is 5.84 Å². The van der Waals surface area contributed by atoms with Crippen LogP contribution in [0, 0.1) is 0 Å². The second kappa shape index (κ2) is 5.94. The molecule has 0 fully saturated rings. The van der Waals surface area contributed by atoms with Gasteiger partial charge in [0, 0.05) is 24.5 Å². The Labute approximate surface area is 146 Å². The molecule has 2 aliphatic rings. The summed E-state index contributed by atoms with van der Waals surface area (Å²) in [7, 11) is 0. The number of rotatable bonds is 1. The van der Waals surface area contributed by atoms with Crippen molar-refractivity contribution in [3.63, 3.8) is 0 Å². The zero-order valence-corrected chi connectivity index (χ0v) is 13.3. The van der Waals surface area contributed by atoms with Gasteiger partial charge in [-0.05, 0) is 24.3 Å². The first-order valence-corrected chi connectivity index (χ1v) is 7.78. The number of alkyl halides is 3. The molecule has 1 amide bonds. The van der Waals surface area contributed by atoms with Crippen molar-refractivity contribution in [1.82, 2.24) is 15.2 Å². The molecule has 0 aliphatic carbocycles. The number of nitrogens with one attached hydrogen (secondary N) is 1. The van der Waals surface area contributed by atoms with Crippen molar-refractivity contribution < 1.29 is 18.0 Å². The minimum Gasteiger partial charge on any atom is -0.294 e. The maximum absolute atomic E-state index is 13.4. The Bertz CT molecular complexity index is 937. The smallest absolute Gasteiger partial charge is 0.294 e. The lowest BCUT2D eigenvalue weighted by Gasteiger charge is -2.28. The molecular formula is C17H12F3N5O. The summed E-state index contributed by atoms with van der Waals surface area (Å²) in [6.07, 6.45) is -1.67. The lowest BCUT2D eigenvalue weighted by molar-refractivity contribution is -0.137. The predicted octanol–water partition coefficient (Wildman–Crippen LogP) is 2.59. The van der Waals surface area contributed by atoms with E-state index in [0.717, 1.165) is 6.07 Å². The normalized spacial score (nSPS) is 15.7. The number of amidine groups is 1. The number of aliphatic imine (C=N–C) groups is 2. The quantitative estimate of drug-likeness (QED) is 0.851. The molecular weight excluding hydrogens is 347 g/mol. The van der Waals surface area contributed by atoms with Crippen LogP contribution < -0.4 is 5.32 Å². The van der Waals surface area contributed by atoms with Gasteiger partial charge in [-0.25, -0.2) is 4.99 Å². The number of carbonyl (C=O) groups excluding carboxylic acids is 1. The Balaban J connectivity index is 1.78. The zero-order valence-electron chi connectivity index (χ0n) is 13.3. The van der Waals surface area contributed by atoms with Crippen LogP contribution >= 0.6 is 0 Å². The number of pyridine rings is 1. The van der Waals surface area contributed by atoms with Gasteiger partial charge in [-0.2, -0.15) is 13.2 Å². The Morgan fingerprint density at radius 3 is 2.77 bits per heavy atom. The molecule has 0 saturated heterocycles. The van der Waals surface area contributed by atoms with Crippen LogP contribution in [0.2, 0.25) is 0 Å². The molecule has 1 N–H and O–H groups in total. The van der Waals surface area contributed by atoms with Gasteiger partial charge in [0.25, 0.3) is 5.91 Å². The van der Waals surface area contributed by atoms with E-state index in [1.807, 2.05) is 0 Å². The predicted molar refractivity (Wildman–Crippen MR) is 88.4 cm³/mol. The fourth-order valence-corrected chi connectivity index (χ4v) is 2.89. The first-order valence-electron chi connectivity index (χ1n) is 7.78. The Morgan fingerprint density at radius 2 is 2.04 bits per heavy atom. The number of aromatic nitrogens is 1. The van der Waals surface area contributed by atoms with Crippen LogP contribution in [-0.2, 0) is 6.18 Å². The lowest BCUT2D eigenvalue weighted by Crippen LogP contribution is -2.47. The second-order valence-corrected chi connectivity index (χ2v) is 5.69. The molecule has 0 saturated carbocycles. The SMILES string of the molecule is O=C(NC1=Nc2c(cccc2C(F)(F)F)C2=NCCN12)c1cccnc1. The van der Waals surface area contributed by atoms with E-state index < -0.39 is 17.6 Å². The van der Waals surface area contributed by atoms with E-state index in [9.17, 15) is 18.0 Å². The number of amides is 1. The summed E-state index contributed by atoms with van der Waals surface area (Å²) in [6, 6.07) is 6.99. The molecule has 0 radical (unpaired) electrons. The Morgan fingerprint density at radius 1 is 1.19 bits per heavy atom. The number of carbonyl (C=O) groups is 1. The topological polar surface area (TPSA) is 70.0 Å². The van der Waals surface area contributed by atoms with Crippen LogP contribution in [0.1, 0.15) is 21.5 Å². The number of halogens is 3. The van der Waals surface area contributed by atoms with Crippen LogP contribution in [0.3, 0.4) is 0 Å². The van der Waals surface area contributed by atoms with Crippen molar-refractivity contribution in [2.24, 2.45) is 9.98 Å². The molecule has 26 heavy (non-hydrogen) atoms. The molecule has 6 nitrogen and oxygen atoms in total. The average molecular weight is 359 g/mol. The maximum atomic E-state index is 13.4. The zero-order chi connectivity index (χ0) is 18.3. The third-order valence-electron chi connectivity index (χ3n) is 4.05. The number of hydrogen-bond acceptors (Lipinski definition) is 5. The summed E-state index contributed by atoms with van der Waals surface area (Å²) in [6.45, 7) is 0.837. The van der Waals surface area contributed by atoms with Crippen molar-refractivity contribution in [2.45, 2.75) is 6.18 Å². The van der Waals surface area contributed by atoms with Gasteiger partial charge in [-0.15, -0.1) is 0 Å². The number of benzene rings is 1. The van der Waals surface area contributed by atoms with Crippen LogP contribution in [0.15, 0.2) is 52.7 Å². The molecule has 9 heteroatoms. The van der Waals surface area contributed by atoms with Crippen LogP contribution in [0.25, 0.3) is 0 Å². The van der Waals surface area contributed by atoms with Crippen molar-refractivity contribution in [2.75, 3.05) is 13.1 Å². The van der Waals surface area contributed by atoms with Crippen LogP contribution in [0.5, 0.6) is 0 Å². The third-order valence-corrected chi connectivity index (χ3v) is 4.05. The van der Waals surface area contributed by atoms with Crippen molar-refractivity contribution in [3.05, 3.63) is 59.4 Å². The van der Waals surface area contributed by atoms with E-state index in [4.69, 9.17) is 0 Å². The lowest BCUT2D eigenvalue weighted by atomic mass is 10.0. The van der Waals surface area contributed by atoms with Crippen molar-refractivity contribution in [1.29, 1.82) is 0 Å². The number of hydrogen-bond donors (Lipinski definition) is 1. The average Bonchev–Trinajstić information content (AvgIpc) is 3.11. The van der Waals surface area contributed by atoms with E-state index in [-0.39, 0.29) is 17.2 Å². The van der Waals surface area contributed by atoms with E-state index in [1.54, 1.807) is 23.1 Å². The van der Waals surface area contributed by atoms with E-state index >= 15 is 0 Å². The summed E-state index contributed by atoms with van der Waals surface area (Å²) in [4.78, 5) is 26.2. The maximum Gasteiger partial charge on any atom is 0.418 e. The minimum atomic E-state index is -4.56. The molecule has 0 atom stereocenters. The Hall–Kier alpha value is -3.23. The summed E-state index contributed by atoms with van der Waals surface area (Å²) in [5.74, 6) is -0.0991. The first-order chi connectivity index (χ1) is 12.4. The fraction of sp³-hybridized carbons (Fsp3) is 0.176. The standard InChI is InChI=1S/C17H12F3N5O/c18-17(19,20)12-5-1-4-11-13(12)23-16(25-8-7-22-14(11)25)24-15(26)10-3-2-6-21-9-10/h1-6,9H,7-8H2,(H,23,24,26). The van der Waals surface area contributed by atoms with E-state index in [1.165, 1.54) is 18.5 Å². The summed E-state index contributed by atoms with van der Waals surface area (Å²) in [5, 5.41) is 2.57. The fourth-order valence-electron chi connectivity index (χ4n) is 2.89. The summed E-state index contributed by atoms with van der Waals surface area (Å²) < 4.78 is 40.1. The number of fused-ring (bicyclic) bond motifs is 3. The molecule has 4 rings (SSSR count). The highest BCUT2D eigenvalue weighted by atomic mass is 19.4. The molecule has 1 aromatic heterocycles. The molecule has 2 aromatic rings. The largest absolute Gasteiger partial charge is 0.418 e. The minimum absolute atomic E-state index is 0.0271. The number of nitrogens with zero attached hydrogens (tertiary/aromatic N) is 4. The summed E-state index contributed by atoms with van der Waals surface area (Å²) in [5.41, 5.74) is -0.518. The highest BCUT2D eigenvalue weighted by Crippen LogP contribution is 2.40. The van der Waals surface area contributed by atoms with Gasteiger partial charge in [-0.1, -0.05) is 6.07 Å². The van der Waals surface area contributed by atoms with Crippen LogP contribution in [0.4, 0.5) is 18.9 Å². The van der Waals surface area contributed by atoms with E-state index in [0.29, 0.717) is 24.5 Å². The molecule has 0 spiro atoms. The number of guanidine groups is 1. The molecule has 3 heterocycles. The molecule has 0 unspecified atom stereocenters. The van der Waals surface area contributed by atoms with E-state index in [2.05, 4.69) is 20.3 Å². The van der Waals surface area contributed by atoms with Gasteiger partial charge in [0.2, 0.25) is 5.96 Å².